The lowest BCUT2D eigenvalue weighted by atomic mass is 10.1. The molecule has 5 nitrogen and oxygen atoms in total. The lowest BCUT2D eigenvalue weighted by Crippen LogP contribution is -2.02. The van der Waals surface area contributed by atoms with Gasteiger partial charge in [0.1, 0.15) is 19.0 Å². The Morgan fingerprint density at radius 1 is 1.03 bits per heavy atom. The minimum atomic E-state index is -0.351. The van der Waals surface area contributed by atoms with Crippen molar-refractivity contribution in [1.82, 2.24) is 0 Å². The Kier molecular flexibility index (Phi) is 7.85. The molecule has 3 aromatic carbocycles. The van der Waals surface area contributed by atoms with Gasteiger partial charge < -0.3 is 14.3 Å². The highest BCUT2D eigenvalue weighted by molar-refractivity contribution is 6.32. The summed E-state index contributed by atoms with van der Waals surface area (Å²) in [6, 6.07) is 19.0. The van der Waals surface area contributed by atoms with E-state index in [0.29, 0.717) is 39.8 Å². The average molecular weight is 439 g/mol. The number of ether oxygens (including phenoxy) is 2. The van der Waals surface area contributed by atoms with Crippen molar-refractivity contribution < 1.29 is 18.7 Å². The van der Waals surface area contributed by atoms with Crippen LogP contribution in [0.2, 0.25) is 5.02 Å². The third-order valence-electron chi connectivity index (χ3n) is 4.30. The topological polar surface area (TPSA) is 63.8 Å². The number of halogens is 2. The van der Waals surface area contributed by atoms with Gasteiger partial charge in [-0.3, -0.25) is 0 Å². The van der Waals surface area contributed by atoms with Crippen molar-refractivity contribution in [3.8, 4) is 17.6 Å². The summed E-state index contributed by atoms with van der Waals surface area (Å²) in [6.45, 7) is 2.41. The molecule has 0 aliphatic carbocycles. The number of benzene rings is 3. The van der Waals surface area contributed by atoms with Gasteiger partial charge in [0.05, 0.1) is 29.5 Å². The Bertz CT molecular complexity index is 1110. The van der Waals surface area contributed by atoms with E-state index in [9.17, 15) is 4.39 Å². The Hall–Kier alpha value is -3.56. The molecule has 0 spiro atoms. The first-order valence-electron chi connectivity index (χ1n) is 9.58. The zero-order chi connectivity index (χ0) is 22.1. The molecule has 0 saturated heterocycles. The molecule has 0 unspecified atom stereocenters. The van der Waals surface area contributed by atoms with E-state index in [1.165, 1.54) is 12.3 Å². The minimum absolute atomic E-state index is 0.0152. The monoisotopic (exact) mass is 438 g/mol. The first kappa shape index (κ1) is 22.1. The van der Waals surface area contributed by atoms with E-state index >= 15 is 0 Å². The summed E-state index contributed by atoms with van der Waals surface area (Å²) < 4.78 is 25.2. The molecule has 0 atom stereocenters. The van der Waals surface area contributed by atoms with E-state index in [1.54, 1.807) is 48.5 Å². The molecule has 0 N–H and O–H groups in total. The first-order valence-corrected chi connectivity index (χ1v) is 9.96. The molecule has 0 aliphatic rings. The maximum atomic E-state index is 13.9. The molecule has 0 saturated carbocycles. The van der Waals surface area contributed by atoms with Crippen molar-refractivity contribution >= 4 is 17.8 Å². The van der Waals surface area contributed by atoms with Crippen LogP contribution in [0.3, 0.4) is 0 Å². The Labute approximate surface area is 185 Å². The number of rotatable bonds is 9. The molecule has 0 heterocycles. The predicted octanol–water partition coefficient (Wildman–Crippen LogP) is 5.88. The van der Waals surface area contributed by atoms with Crippen LogP contribution in [0.15, 0.2) is 65.8 Å². The first-order chi connectivity index (χ1) is 15.1. The quantitative estimate of drug-likeness (QED) is 0.309. The SMILES string of the molecule is CCOc1cc(/C=N\OCc2ccccc2C#N)cc(Cl)c1OCc1ccccc1F. The summed E-state index contributed by atoms with van der Waals surface area (Å²) in [5.41, 5.74) is 2.33. The van der Waals surface area contributed by atoms with Gasteiger partial charge in [-0.05, 0) is 31.2 Å². The van der Waals surface area contributed by atoms with E-state index in [4.69, 9.17) is 31.2 Å². The summed E-state index contributed by atoms with van der Waals surface area (Å²) in [7, 11) is 0. The van der Waals surface area contributed by atoms with Crippen LogP contribution < -0.4 is 9.47 Å². The molecule has 0 fully saturated rings. The molecular weight excluding hydrogens is 419 g/mol. The highest BCUT2D eigenvalue weighted by atomic mass is 35.5. The highest BCUT2D eigenvalue weighted by Gasteiger charge is 2.13. The second kappa shape index (κ2) is 11.0. The van der Waals surface area contributed by atoms with Gasteiger partial charge in [-0.2, -0.15) is 5.26 Å². The molecule has 0 bridgehead atoms. The zero-order valence-corrected chi connectivity index (χ0v) is 17.6. The minimum Gasteiger partial charge on any atom is -0.490 e. The zero-order valence-electron chi connectivity index (χ0n) is 16.8. The van der Waals surface area contributed by atoms with Crippen molar-refractivity contribution in [2.45, 2.75) is 20.1 Å². The molecule has 158 valence electrons. The van der Waals surface area contributed by atoms with Crippen LogP contribution in [-0.4, -0.2) is 12.8 Å². The van der Waals surface area contributed by atoms with Crippen LogP contribution in [0.5, 0.6) is 11.5 Å². The van der Waals surface area contributed by atoms with Crippen LogP contribution in [0.25, 0.3) is 0 Å². The van der Waals surface area contributed by atoms with Crippen molar-refractivity contribution in [2.24, 2.45) is 5.16 Å². The maximum absolute atomic E-state index is 13.9. The molecule has 7 heteroatoms. The number of hydrogen-bond acceptors (Lipinski definition) is 5. The van der Waals surface area contributed by atoms with Crippen LogP contribution in [0, 0.1) is 17.1 Å². The standard InChI is InChI=1S/C24H20ClFN2O3/c1-2-29-23-12-17(14-28-31-16-19-8-4-3-7-18(19)13-27)11-21(25)24(23)30-15-20-9-5-6-10-22(20)26/h3-12,14H,2,15-16H2,1H3/b28-14-. The summed E-state index contributed by atoms with van der Waals surface area (Å²) in [5, 5.41) is 13.4. The Morgan fingerprint density at radius 3 is 2.52 bits per heavy atom. The third kappa shape index (κ3) is 5.97. The summed E-state index contributed by atoms with van der Waals surface area (Å²) >= 11 is 6.39. The van der Waals surface area contributed by atoms with Crippen molar-refractivity contribution in [1.29, 1.82) is 5.26 Å². The van der Waals surface area contributed by atoms with Crippen LogP contribution in [0.4, 0.5) is 4.39 Å². The maximum Gasteiger partial charge on any atom is 0.180 e. The molecule has 31 heavy (non-hydrogen) atoms. The van der Waals surface area contributed by atoms with Gasteiger partial charge in [0, 0.05) is 16.7 Å². The fourth-order valence-electron chi connectivity index (χ4n) is 2.79. The lowest BCUT2D eigenvalue weighted by Gasteiger charge is -2.14. The number of nitriles is 1. The van der Waals surface area contributed by atoms with E-state index < -0.39 is 0 Å². The van der Waals surface area contributed by atoms with Crippen LogP contribution >= 0.6 is 11.6 Å². The molecule has 0 aromatic heterocycles. The van der Waals surface area contributed by atoms with Gasteiger partial charge >= 0.3 is 0 Å². The third-order valence-corrected chi connectivity index (χ3v) is 4.58. The predicted molar refractivity (Wildman–Crippen MR) is 117 cm³/mol. The van der Waals surface area contributed by atoms with Gasteiger partial charge in [-0.1, -0.05) is 53.2 Å². The summed E-state index contributed by atoms with van der Waals surface area (Å²) in [4.78, 5) is 5.32. The van der Waals surface area contributed by atoms with Gasteiger partial charge in [-0.25, -0.2) is 4.39 Å². The summed E-state index contributed by atoms with van der Waals surface area (Å²) in [6.07, 6.45) is 1.49. The second-order valence-electron chi connectivity index (χ2n) is 6.42. The Balaban J connectivity index is 1.71. The van der Waals surface area contributed by atoms with Crippen molar-refractivity contribution in [3.63, 3.8) is 0 Å². The van der Waals surface area contributed by atoms with E-state index in [1.807, 2.05) is 13.0 Å². The van der Waals surface area contributed by atoms with E-state index in [0.717, 1.165) is 5.56 Å². The fraction of sp³-hybridized carbons (Fsp3) is 0.167. The van der Waals surface area contributed by atoms with Gasteiger partial charge in [-0.15, -0.1) is 0 Å². The molecule has 0 aliphatic heterocycles. The molecule has 0 radical (unpaired) electrons. The van der Waals surface area contributed by atoms with Crippen LogP contribution in [-0.2, 0) is 18.1 Å². The van der Waals surface area contributed by atoms with Crippen molar-refractivity contribution in [3.05, 3.63) is 93.8 Å². The molecule has 0 amide bonds. The number of oxime groups is 1. The number of hydrogen-bond donors (Lipinski definition) is 0. The molecule has 3 rings (SSSR count). The normalized spacial score (nSPS) is 10.6. The number of nitrogens with zero attached hydrogens (tertiary/aromatic N) is 2. The van der Waals surface area contributed by atoms with Crippen molar-refractivity contribution in [2.75, 3.05) is 6.61 Å². The van der Waals surface area contributed by atoms with Gasteiger partial charge in [0.25, 0.3) is 0 Å². The highest BCUT2D eigenvalue weighted by Crippen LogP contribution is 2.37. The van der Waals surface area contributed by atoms with E-state index in [-0.39, 0.29) is 19.0 Å². The van der Waals surface area contributed by atoms with Gasteiger partial charge in [0.2, 0.25) is 0 Å². The van der Waals surface area contributed by atoms with Crippen LogP contribution in [0.1, 0.15) is 29.2 Å². The fourth-order valence-corrected chi connectivity index (χ4v) is 3.06. The second-order valence-corrected chi connectivity index (χ2v) is 6.83. The molecule has 3 aromatic rings. The largest absolute Gasteiger partial charge is 0.490 e. The lowest BCUT2D eigenvalue weighted by molar-refractivity contribution is 0.132. The smallest absolute Gasteiger partial charge is 0.180 e. The van der Waals surface area contributed by atoms with Gasteiger partial charge in [0.15, 0.2) is 11.5 Å². The van der Waals surface area contributed by atoms with E-state index in [2.05, 4.69) is 11.2 Å². The molecular formula is C24H20ClFN2O3. The average Bonchev–Trinajstić information content (AvgIpc) is 2.77. The Morgan fingerprint density at radius 2 is 1.77 bits per heavy atom. The summed E-state index contributed by atoms with van der Waals surface area (Å²) in [5.74, 6) is 0.394.